The number of aryl methyl sites for hydroxylation is 1. The summed E-state index contributed by atoms with van der Waals surface area (Å²) in [5.41, 5.74) is 1.94. The molecule has 0 atom stereocenters. The zero-order valence-corrected chi connectivity index (χ0v) is 12.1. The van der Waals surface area contributed by atoms with Gasteiger partial charge in [0.2, 0.25) is 0 Å². The van der Waals surface area contributed by atoms with E-state index in [9.17, 15) is 4.79 Å². The van der Waals surface area contributed by atoms with Crippen LogP contribution in [0.3, 0.4) is 0 Å². The van der Waals surface area contributed by atoms with E-state index < -0.39 is 0 Å². The lowest BCUT2D eigenvalue weighted by Gasteiger charge is -2.10. The molecule has 0 unspecified atom stereocenters. The average molecular weight is 291 g/mol. The minimum absolute atomic E-state index is 0.282. The molecule has 0 bridgehead atoms. The summed E-state index contributed by atoms with van der Waals surface area (Å²) in [6.07, 6.45) is 0. The van der Waals surface area contributed by atoms with E-state index in [0.717, 1.165) is 11.3 Å². The molecule has 0 fully saturated rings. The average Bonchev–Trinajstić information content (AvgIpc) is 2.42. The van der Waals surface area contributed by atoms with Crippen LogP contribution in [0.15, 0.2) is 36.4 Å². The molecule has 4 nitrogen and oxygen atoms in total. The van der Waals surface area contributed by atoms with Gasteiger partial charge in [0.05, 0.1) is 6.61 Å². The van der Waals surface area contributed by atoms with Gasteiger partial charge in [0.15, 0.2) is 0 Å². The molecule has 1 heterocycles. The quantitative estimate of drug-likeness (QED) is 0.874. The smallest absolute Gasteiger partial charge is 0.274 e. The third kappa shape index (κ3) is 3.48. The summed E-state index contributed by atoms with van der Waals surface area (Å²) in [6, 6.07) is 10.4. The second-order valence-corrected chi connectivity index (χ2v) is 4.60. The van der Waals surface area contributed by atoms with Gasteiger partial charge in [0.25, 0.3) is 5.91 Å². The van der Waals surface area contributed by atoms with Crippen molar-refractivity contribution in [1.82, 2.24) is 4.98 Å². The van der Waals surface area contributed by atoms with Crippen molar-refractivity contribution in [3.63, 3.8) is 0 Å². The Morgan fingerprint density at radius 2 is 2.15 bits per heavy atom. The summed E-state index contributed by atoms with van der Waals surface area (Å²) in [5, 5.41) is 3.07. The van der Waals surface area contributed by atoms with E-state index in [-0.39, 0.29) is 11.6 Å². The molecule has 5 heteroatoms. The number of rotatable bonds is 4. The number of hydrogen-bond acceptors (Lipinski definition) is 3. The molecule has 0 saturated carbocycles. The van der Waals surface area contributed by atoms with E-state index in [2.05, 4.69) is 10.3 Å². The number of anilines is 1. The van der Waals surface area contributed by atoms with Crippen molar-refractivity contribution in [2.75, 3.05) is 11.9 Å². The Bertz CT molecular complexity index is 629. The Hall–Kier alpha value is -2.07. The Morgan fingerprint density at radius 1 is 1.35 bits per heavy atom. The first-order chi connectivity index (χ1) is 9.60. The van der Waals surface area contributed by atoms with Gasteiger partial charge < -0.3 is 10.1 Å². The Kier molecular flexibility index (Phi) is 4.58. The predicted molar refractivity (Wildman–Crippen MR) is 79.5 cm³/mol. The molecule has 0 spiro atoms. The summed E-state index contributed by atoms with van der Waals surface area (Å²) in [4.78, 5) is 16.0. The molecule has 1 aromatic carbocycles. The number of ether oxygens (including phenoxy) is 1. The molecule has 0 aliphatic rings. The van der Waals surface area contributed by atoms with E-state index >= 15 is 0 Å². The summed E-state index contributed by atoms with van der Waals surface area (Å²) >= 11 is 5.77. The highest BCUT2D eigenvalue weighted by Gasteiger charge is 2.09. The Balaban J connectivity index is 2.14. The van der Waals surface area contributed by atoms with Crippen LogP contribution in [0.1, 0.15) is 23.0 Å². The van der Waals surface area contributed by atoms with Gasteiger partial charge in [-0.1, -0.05) is 17.7 Å². The van der Waals surface area contributed by atoms with E-state index in [0.29, 0.717) is 17.4 Å². The van der Waals surface area contributed by atoms with Gasteiger partial charge >= 0.3 is 0 Å². The van der Waals surface area contributed by atoms with Crippen molar-refractivity contribution in [3.05, 3.63) is 52.8 Å². The molecule has 104 valence electrons. The number of amides is 1. The zero-order chi connectivity index (χ0) is 14.5. The lowest BCUT2D eigenvalue weighted by molar-refractivity contribution is 0.102. The first-order valence-electron chi connectivity index (χ1n) is 6.27. The van der Waals surface area contributed by atoms with E-state index in [1.165, 1.54) is 0 Å². The van der Waals surface area contributed by atoms with Gasteiger partial charge in [-0.15, -0.1) is 0 Å². The second-order valence-electron chi connectivity index (χ2n) is 4.21. The number of hydrogen-bond donors (Lipinski definition) is 1. The van der Waals surface area contributed by atoms with Gasteiger partial charge in [0.1, 0.15) is 16.6 Å². The molecule has 0 aliphatic heterocycles. The Morgan fingerprint density at radius 3 is 2.80 bits per heavy atom. The molecular formula is C15H15ClN2O2. The molecule has 0 radical (unpaired) electrons. The number of benzene rings is 1. The van der Waals surface area contributed by atoms with Crippen molar-refractivity contribution in [2.24, 2.45) is 0 Å². The van der Waals surface area contributed by atoms with Gasteiger partial charge in [0, 0.05) is 5.69 Å². The monoisotopic (exact) mass is 290 g/mol. The lowest BCUT2D eigenvalue weighted by atomic mass is 10.2. The number of halogens is 1. The van der Waals surface area contributed by atoms with Crippen LogP contribution in [-0.2, 0) is 0 Å². The largest absolute Gasteiger partial charge is 0.494 e. The fraction of sp³-hybridized carbons (Fsp3) is 0.200. The number of carbonyl (C=O) groups excluding carboxylic acids is 1. The molecule has 1 aromatic heterocycles. The van der Waals surface area contributed by atoms with E-state index in [1.807, 2.05) is 26.0 Å². The highest BCUT2D eigenvalue weighted by atomic mass is 35.5. The fourth-order valence-electron chi connectivity index (χ4n) is 1.77. The minimum atomic E-state index is -0.295. The molecule has 20 heavy (non-hydrogen) atoms. The summed E-state index contributed by atoms with van der Waals surface area (Å²) in [5.74, 6) is 0.516. The highest BCUT2D eigenvalue weighted by Crippen LogP contribution is 2.22. The minimum Gasteiger partial charge on any atom is -0.494 e. The predicted octanol–water partition coefficient (Wildman–Crippen LogP) is 3.69. The third-order valence-corrected chi connectivity index (χ3v) is 2.89. The van der Waals surface area contributed by atoms with Crippen molar-refractivity contribution < 1.29 is 9.53 Å². The number of pyridine rings is 1. The molecule has 1 amide bonds. The maximum absolute atomic E-state index is 12.0. The van der Waals surface area contributed by atoms with Crippen molar-refractivity contribution >= 4 is 23.2 Å². The highest BCUT2D eigenvalue weighted by molar-refractivity contribution is 6.29. The maximum Gasteiger partial charge on any atom is 0.274 e. The van der Waals surface area contributed by atoms with Gasteiger partial charge in [-0.05, 0) is 49.7 Å². The zero-order valence-electron chi connectivity index (χ0n) is 11.3. The van der Waals surface area contributed by atoms with Crippen LogP contribution in [0.25, 0.3) is 0 Å². The van der Waals surface area contributed by atoms with Crippen LogP contribution in [0.4, 0.5) is 5.69 Å². The first kappa shape index (κ1) is 14.3. The maximum atomic E-state index is 12.0. The molecule has 2 aromatic rings. The standard InChI is InChI=1S/C15H15ClN2O2/c1-3-20-13-8-7-11(9-10(13)2)17-15(19)12-5-4-6-14(16)18-12/h4-9H,3H2,1-2H3,(H,17,19). The summed E-state index contributed by atoms with van der Waals surface area (Å²) in [6.45, 7) is 4.47. The van der Waals surface area contributed by atoms with Crippen LogP contribution >= 0.6 is 11.6 Å². The van der Waals surface area contributed by atoms with Crippen molar-refractivity contribution in [1.29, 1.82) is 0 Å². The SMILES string of the molecule is CCOc1ccc(NC(=O)c2cccc(Cl)n2)cc1C. The van der Waals surface area contributed by atoms with Crippen LogP contribution in [0, 0.1) is 6.92 Å². The topological polar surface area (TPSA) is 51.2 Å². The van der Waals surface area contributed by atoms with Crippen molar-refractivity contribution in [3.8, 4) is 5.75 Å². The molecule has 0 aliphatic carbocycles. The van der Waals surface area contributed by atoms with Crippen LogP contribution in [0.2, 0.25) is 5.15 Å². The van der Waals surface area contributed by atoms with Crippen LogP contribution in [0.5, 0.6) is 5.75 Å². The van der Waals surface area contributed by atoms with Gasteiger partial charge in [-0.25, -0.2) is 4.98 Å². The summed E-state index contributed by atoms with van der Waals surface area (Å²) < 4.78 is 5.45. The van der Waals surface area contributed by atoms with Crippen molar-refractivity contribution in [2.45, 2.75) is 13.8 Å². The van der Waals surface area contributed by atoms with Gasteiger partial charge in [-0.2, -0.15) is 0 Å². The lowest BCUT2D eigenvalue weighted by Crippen LogP contribution is -2.13. The molecule has 0 saturated heterocycles. The van der Waals surface area contributed by atoms with Crippen LogP contribution < -0.4 is 10.1 Å². The fourth-order valence-corrected chi connectivity index (χ4v) is 1.94. The second kappa shape index (κ2) is 6.39. The molecule has 1 N–H and O–H groups in total. The number of aromatic nitrogens is 1. The van der Waals surface area contributed by atoms with E-state index in [4.69, 9.17) is 16.3 Å². The van der Waals surface area contributed by atoms with Crippen LogP contribution in [-0.4, -0.2) is 17.5 Å². The third-order valence-electron chi connectivity index (χ3n) is 2.68. The Labute approximate surface area is 122 Å². The normalized spacial score (nSPS) is 10.2. The summed E-state index contributed by atoms with van der Waals surface area (Å²) in [7, 11) is 0. The molecule has 2 rings (SSSR count). The number of nitrogens with one attached hydrogen (secondary N) is 1. The first-order valence-corrected chi connectivity index (χ1v) is 6.65. The number of nitrogens with zero attached hydrogens (tertiary/aromatic N) is 1. The van der Waals surface area contributed by atoms with Gasteiger partial charge in [-0.3, -0.25) is 4.79 Å². The number of carbonyl (C=O) groups is 1. The van der Waals surface area contributed by atoms with E-state index in [1.54, 1.807) is 24.3 Å². The molecular weight excluding hydrogens is 276 g/mol.